The van der Waals surface area contributed by atoms with Crippen LogP contribution in [0.4, 0.5) is 0 Å². The minimum absolute atomic E-state index is 0.329. The average molecular weight is 579 g/mol. The quantitative estimate of drug-likeness (QED) is 0.180. The Kier molecular flexibility index (Phi) is 12.5. The van der Waals surface area contributed by atoms with Gasteiger partial charge in [0, 0.05) is 0 Å². The second-order valence-corrected chi connectivity index (χ2v) is 13.1. The maximum atomic E-state index is 6.52. The molecule has 0 heterocycles. The normalized spacial score (nSPS) is 14.3. The molecular weight excluding hydrogens is 541 g/mol. The van der Waals surface area contributed by atoms with E-state index in [2.05, 4.69) is 4.86 Å². The van der Waals surface area contributed by atoms with E-state index in [1.54, 1.807) is 0 Å². The molecule has 3 aromatic carbocycles. The minimum atomic E-state index is -3.27. The van der Waals surface area contributed by atoms with Crippen molar-refractivity contribution in [3.63, 3.8) is 0 Å². The molecule has 38 heavy (non-hydrogen) atoms. The van der Waals surface area contributed by atoms with E-state index in [0.717, 1.165) is 16.7 Å². The van der Waals surface area contributed by atoms with E-state index in [9.17, 15) is 0 Å². The van der Waals surface area contributed by atoms with Crippen molar-refractivity contribution in [2.75, 3.05) is 19.8 Å². The Bertz CT molecular complexity index is 1210. The first kappa shape index (κ1) is 30.5. The maximum absolute atomic E-state index is 6.52. The fraction of sp³-hybridized carbons (Fsp3) is 0.333. The zero-order chi connectivity index (χ0) is 27.4. The molecule has 0 saturated carbocycles. The van der Waals surface area contributed by atoms with Gasteiger partial charge in [-0.05, 0) is 94.6 Å². The minimum Gasteiger partial charge on any atom is -0.436 e. The molecule has 11 heteroatoms. The van der Waals surface area contributed by atoms with Crippen molar-refractivity contribution in [3.8, 4) is 17.2 Å². The number of nitrogens with zero attached hydrogens (tertiary/aromatic N) is 1. The van der Waals surface area contributed by atoms with Crippen LogP contribution in [0.1, 0.15) is 37.5 Å². The number of aryl methyl sites for hydroxylation is 3. The molecule has 0 spiro atoms. The van der Waals surface area contributed by atoms with Crippen LogP contribution in [0, 0.1) is 20.8 Å². The highest BCUT2D eigenvalue weighted by Crippen LogP contribution is 2.61. The zero-order valence-corrected chi connectivity index (χ0v) is 25.5. The molecule has 3 rings (SSSR count). The molecule has 3 atom stereocenters. The largest absolute Gasteiger partial charge is 0.436 e. The molecule has 0 fully saturated rings. The van der Waals surface area contributed by atoms with Crippen LogP contribution in [0.25, 0.3) is 0 Å². The fourth-order valence-electron chi connectivity index (χ4n) is 3.23. The van der Waals surface area contributed by atoms with Crippen LogP contribution >= 0.6 is 24.7 Å². The van der Waals surface area contributed by atoms with Gasteiger partial charge in [0.15, 0.2) is 0 Å². The van der Waals surface area contributed by atoms with Crippen molar-refractivity contribution in [2.45, 2.75) is 41.5 Å². The first-order valence-electron chi connectivity index (χ1n) is 12.5. The molecule has 0 bridgehead atoms. The molecule has 0 aliphatic heterocycles. The third-order valence-electron chi connectivity index (χ3n) is 4.76. The molecule has 0 aliphatic carbocycles. The molecule has 8 nitrogen and oxygen atoms in total. The van der Waals surface area contributed by atoms with Gasteiger partial charge >= 0.3 is 24.7 Å². The third kappa shape index (κ3) is 9.94. The van der Waals surface area contributed by atoms with E-state index in [0.29, 0.717) is 37.1 Å². The highest BCUT2D eigenvalue weighted by molar-refractivity contribution is 7.70. The number of hydrogen-bond donors (Lipinski definition) is 1. The van der Waals surface area contributed by atoms with Crippen LogP contribution in [-0.4, -0.2) is 19.8 Å². The van der Waals surface area contributed by atoms with E-state index in [1.165, 1.54) is 0 Å². The highest BCUT2D eigenvalue weighted by atomic mass is 31.3. The van der Waals surface area contributed by atoms with E-state index in [-0.39, 0.29) is 0 Å². The van der Waals surface area contributed by atoms with Gasteiger partial charge < -0.3 is 27.1 Å². The van der Waals surface area contributed by atoms with Gasteiger partial charge in [-0.1, -0.05) is 36.4 Å². The van der Waals surface area contributed by atoms with Gasteiger partial charge in [0.1, 0.15) is 17.2 Å². The Morgan fingerprint density at radius 2 is 1.21 bits per heavy atom. The Labute approximate surface area is 229 Å². The van der Waals surface area contributed by atoms with Gasteiger partial charge in [0.25, 0.3) is 0 Å². The van der Waals surface area contributed by atoms with Crippen molar-refractivity contribution in [3.05, 3.63) is 89.5 Å². The monoisotopic (exact) mass is 578 g/mol. The number of nitrogens with one attached hydrogen (secondary N) is 1. The van der Waals surface area contributed by atoms with Crippen LogP contribution in [-0.2, 0) is 13.6 Å². The second kappa shape index (κ2) is 15.5. The van der Waals surface area contributed by atoms with Crippen molar-refractivity contribution < 1.29 is 27.1 Å². The molecule has 0 saturated heterocycles. The summed E-state index contributed by atoms with van der Waals surface area (Å²) >= 11 is 0. The third-order valence-corrected chi connectivity index (χ3v) is 10.7. The highest BCUT2D eigenvalue weighted by Gasteiger charge is 2.34. The van der Waals surface area contributed by atoms with Crippen molar-refractivity contribution in [1.82, 2.24) is 4.86 Å². The summed E-state index contributed by atoms with van der Waals surface area (Å²) in [5.41, 5.74) is 3.19. The van der Waals surface area contributed by atoms with Crippen LogP contribution in [0.15, 0.2) is 77.3 Å². The summed E-state index contributed by atoms with van der Waals surface area (Å²) in [6, 6.07) is 23.3. The maximum Gasteiger partial charge on any atom is 0.377 e. The lowest BCUT2D eigenvalue weighted by Gasteiger charge is -2.29. The van der Waals surface area contributed by atoms with Crippen LogP contribution in [0.5, 0.6) is 17.2 Å². The van der Waals surface area contributed by atoms with Gasteiger partial charge in [-0.3, -0.25) is 0 Å². The molecular formula is C27H37N2O6P3. The molecule has 3 unspecified atom stereocenters. The summed E-state index contributed by atoms with van der Waals surface area (Å²) in [7, 11) is -6.77. The van der Waals surface area contributed by atoms with Crippen LogP contribution in [0.2, 0.25) is 0 Å². The standard InChI is InChI=1S/C27H37N2O6P3/c1-7-30-36(33-25-16-10-13-22(4)19-25)28-38(32-9-3,35-27-18-12-15-24(6)21-27)29-37(31-8-2)34-26-17-11-14-23(5)20-26/h10-21,28H,7-9H2,1-6H3. The molecule has 0 aromatic heterocycles. The van der Waals surface area contributed by atoms with E-state index < -0.39 is 24.7 Å². The van der Waals surface area contributed by atoms with Crippen LogP contribution in [0.3, 0.4) is 0 Å². The fourth-order valence-corrected chi connectivity index (χ4v) is 8.80. The average Bonchev–Trinajstić information content (AvgIpc) is 2.84. The summed E-state index contributed by atoms with van der Waals surface area (Å²) in [6.07, 6.45) is 0. The SMILES string of the molecule is CCOP(N=P(NP(OCC)Oc1cccc(C)c1)(OCC)Oc1cccc(C)c1)Oc1cccc(C)c1. The smallest absolute Gasteiger partial charge is 0.377 e. The van der Waals surface area contributed by atoms with Crippen molar-refractivity contribution >= 4 is 24.7 Å². The van der Waals surface area contributed by atoms with Gasteiger partial charge in [-0.25, -0.2) is 0 Å². The van der Waals surface area contributed by atoms with Crippen molar-refractivity contribution in [1.29, 1.82) is 0 Å². The van der Waals surface area contributed by atoms with Gasteiger partial charge in [0.05, 0.1) is 19.8 Å². The predicted molar refractivity (Wildman–Crippen MR) is 157 cm³/mol. The molecule has 206 valence electrons. The summed E-state index contributed by atoms with van der Waals surface area (Å²) < 4.78 is 42.1. The van der Waals surface area contributed by atoms with Crippen LogP contribution < -0.4 is 18.4 Å². The molecule has 0 aliphatic rings. The molecule has 0 radical (unpaired) electrons. The lowest BCUT2D eigenvalue weighted by Crippen LogP contribution is -2.17. The van der Waals surface area contributed by atoms with Gasteiger partial charge in [-0.15, -0.1) is 9.37 Å². The first-order chi connectivity index (χ1) is 18.3. The Morgan fingerprint density at radius 1 is 0.684 bits per heavy atom. The molecule has 1 N–H and O–H groups in total. The van der Waals surface area contributed by atoms with Gasteiger partial charge in [-0.2, -0.15) is 0 Å². The Balaban J connectivity index is 2.05. The molecule has 3 aromatic rings. The lowest BCUT2D eigenvalue weighted by atomic mass is 10.2. The first-order valence-corrected chi connectivity index (χ1v) is 16.4. The lowest BCUT2D eigenvalue weighted by molar-refractivity contribution is 0.303. The van der Waals surface area contributed by atoms with E-state index >= 15 is 0 Å². The number of hydrogen-bond acceptors (Lipinski definition) is 7. The Hall–Kier alpha value is -2.01. The Morgan fingerprint density at radius 3 is 1.74 bits per heavy atom. The van der Waals surface area contributed by atoms with Gasteiger partial charge in [0.2, 0.25) is 0 Å². The molecule has 0 amide bonds. The number of rotatable bonds is 15. The number of benzene rings is 3. The summed E-state index contributed by atoms with van der Waals surface area (Å²) in [5, 5.41) is 0. The summed E-state index contributed by atoms with van der Waals surface area (Å²) in [5.74, 6) is 1.93. The topological polar surface area (TPSA) is 79.8 Å². The zero-order valence-electron chi connectivity index (χ0n) is 22.8. The van der Waals surface area contributed by atoms with E-state index in [4.69, 9.17) is 31.7 Å². The van der Waals surface area contributed by atoms with Crippen molar-refractivity contribution in [2.24, 2.45) is 4.52 Å². The second-order valence-electron chi connectivity index (χ2n) is 8.18. The summed E-state index contributed by atoms with van der Waals surface area (Å²) in [4.78, 5) is 3.37. The van der Waals surface area contributed by atoms with E-state index in [1.807, 2.05) is 114 Å². The predicted octanol–water partition coefficient (Wildman–Crippen LogP) is 9.25. The summed E-state index contributed by atoms with van der Waals surface area (Å²) in [6.45, 7) is 12.9.